The van der Waals surface area contributed by atoms with Crippen LogP contribution in [-0.4, -0.2) is 45.8 Å². The first-order chi connectivity index (χ1) is 9.65. The SMILES string of the molecule is COc1ccc(C(CO)N(C)Cc2cnnn2C)cc1. The molecule has 1 unspecified atom stereocenters. The third-order valence-corrected chi connectivity index (χ3v) is 3.43. The van der Waals surface area contributed by atoms with Crippen LogP contribution in [0.1, 0.15) is 17.3 Å². The van der Waals surface area contributed by atoms with E-state index < -0.39 is 0 Å². The van der Waals surface area contributed by atoms with Crippen LogP contribution in [0.15, 0.2) is 30.5 Å². The number of aromatic nitrogens is 3. The van der Waals surface area contributed by atoms with Gasteiger partial charge in [0.2, 0.25) is 0 Å². The fourth-order valence-electron chi connectivity index (χ4n) is 2.15. The zero-order valence-corrected chi connectivity index (χ0v) is 12.0. The predicted molar refractivity (Wildman–Crippen MR) is 75.3 cm³/mol. The predicted octanol–water partition coefficient (Wildman–Crippen LogP) is 0.989. The van der Waals surface area contributed by atoms with Crippen LogP contribution in [-0.2, 0) is 13.6 Å². The first-order valence-electron chi connectivity index (χ1n) is 6.44. The Morgan fingerprint density at radius 1 is 1.35 bits per heavy atom. The highest BCUT2D eigenvalue weighted by Crippen LogP contribution is 2.22. The standard InChI is InChI=1S/C14H20N4O2/c1-17(9-12-8-15-16-18(12)2)14(10-19)11-4-6-13(20-3)7-5-11/h4-8,14,19H,9-10H2,1-3H3. The Hall–Kier alpha value is -1.92. The summed E-state index contributed by atoms with van der Waals surface area (Å²) in [5.74, 6) is 0.809. The minimum atomic E-state index is -0.0733. The lowest BCUT2D eigenvalue weighted by molar-refractivity contribution is 0.140. The molecule has 0 saturated heterocycles. The first kappa shape index (κ1) is 14.5. The molecule has 108 valence electrons. The third-order valence-electron chi connectivity index (χ3n) is 3.43. The largest absolute Gasteiger partial charge is 0.497 e. The van der Waals surface area contributed by atoms with Gasteiger partial charge in [0.05, 0.1) is 31.6 Å². The molecule has 6 heteroatoms. The number of rotatable bonds is 6. The van der Waals surface area contributed by atoms with Gasteiger partial charge in [-0.15, -0.1) is 5.10 Å². The Labute approximate surface area is 118 Å². The molecule has 0 amide bonds. The van der Waals surface area contributed by atoms with Gasteiger partial charge in [-0.05, 0) is 24.7 Å². The van der Waals surface area contributed by atoms with E-state index in [0.717, 1.165) is 17.0 Å². The van der Waals surface area contributed by atoms with Gasteiger partial charge in [-0.25, -0.2) is 0 Å². The molecule has 0 spiro atoms. The number of nitrogens with zero attached hydrogens (tertiary/aromatic N) is 4. The zero-order chi connectivity index (χ0) is 14.5. The van der Waals surface area contributed by atoms with Gasteiger partial charge in [0.1, 0.15) is 5.75 Å². The summed E-state index contributed by atoms with van der Waals surface area (Å²) in [6.45, 7) is 0.717. The summed E-state index contributed by atoms with van der Waals surface area (Å²) in [5, 5.41) is 17.4. The average molecular weight is 276 g/mol. The van der Waals surface area contributed by atoms with Crippen LogP contribution >= 0.6 is 0 Å². The van der Waals surface area contributed by atoms with Crippen LogP contribution in [0, 0.1) is 0 Å². The number of hydrogen-bond donors (Lipinski definition) is 1. The van der Waals surface area contributed by atoms with Crippen molar-refractivity contribution >= 4 is 0 Å². The molecule has 1 heterocycles. The number of aliphatic hydroxyl groups excluding tert-OH is 1. The van der Waals surface area contributed by atoms with Gasteiger partial charge in [-0.1, -0.05) is 17.3 Å². The lowest BCUT2D eigenvalue weighted by Gasteiger charge is -2.26. The second-order valence-electron chi connectivity index (χ2n) is 4.74. The van der Waals surface area contributed by atoms with Gasteiger partial charge < -0.3 is 9.84 Å². The van der Waals surface area contributed by atoms with Crippen molar-refractivity contribution in [2.45, 2.75) is 12.6 Å². The van der Waals surface area contributed by atoms with E-state index in [4.69, 9.17) is 4.74 Å². The summed E-state index contributed by atoms with van der Waals surface area (Å²) in [6, 6.07) is 7.67. The Morgan fingerprint density at radius 2 is 2.05 bits per heavy atom. The number of hydrogen-bond acceptors (Lipinski definition) is 5. The van der Waals surface area contributed by atoms with E-state index in [1.54, 1.807) is 18.0 Å². The Balaban J connectivity index is 2.12. The third kappa shape index (κ3) is 3.15. The molecule has 6 nitrogen and oxygen atoms in total. The molecule has 0 aliphatic carbocycles. The topological polar surface area (TPSA) is 63.4 Å². The molecule has 0 saturated carbocycles. The van der Waals surface area contributed by atoms with Gasteiger partial charge in [-0.3, -0.25) is 9.58 Å². The highest BCUT2D eigenvalue weighted by Gasteiger charge is 2.17. The minimum absolute atomic E-state index is 0.0497. The van der Waals surface area contributed by atoms with Crippen molar-refractivity contribution in [2.75, 3.05) is 20.8 Å². The lowest BCUT2D eigenvalue weighted by Crippen LogP contribution is -2.27. The molecule has 0 fully saturated rings. The summed E-state index contributed by atoms with van der Waals surface area (Å²) < 4.78 is 6.88. The molecular weight excluding hydrogens is 256 g/mol. The summed E-state index contributed by atoms with van der Waals surface area (Å²) in [5.41, 5.74) is 2.05. The molecular formula is C14H20N4O2. The maximum absolute atomic E-state index is 9.66. The summed E-state index contributed by atoms with van der Waals surface area (Å²) >= 11 is 0. The molecule has 0 bridgehead atoms. The highest BCUT2D eigenvalue weighted by atomic mass is 16.5. The number of aliphatic hydroxyl groups is 1. The number of benzene rings is 1. The summed E-state index contributed by atoms with van der Waals surface area (Å²) in [6.07, 6.45) is 1.74. The van der Waals surface area contributed by atoms with E-state index in [-0.39, 0.29) is 12.6 Å². The molecule has 1 N–H and O–H groups in total. The fourth-order valence-corrected chi connectivity index (χ4v) is 2.15. The Bertz CT molecular complexity index is 538. The van der Waals surface area contributed by atoms with Gasteiger partial charge in [-0.2, -0.15) is 0 Å². The van der Waals surface area contributed by atoms with Crippen LogP contribution < -0.4 is 4.74 Å². The van der Waals surface area contributed by atoms with Crippen molar-refractivity contribution < 1.29 is 9.84 Å². The molecule has 0 aliphatic heterocycles. The Morgan fingerprint density at radius 3 is 2.55 bits per heavy atom. The second-order valence-corrected chi connectivity index (χ2v) is 4.74. The molecule has 0 aliphatic rings. The minimum Gasteiger partial charge on any atom is -0.497 e. The average Bonchev–Trinajstić information content (AvgIpc) is 2.86. The van der Waals surface area contributed by atoms with Crippen molar-refractivity contribution in [1.29, 1.82) is 0 Å². The second kappa shape index (κ2) is 6.49. The van der Waals surface area contributed by atoms with Gasteiger partial charge in [0, 0.05) is 13.6 Å². The fraction of sp³-hybridized carbons (Fsp3) is 0.429. The van der Waals surface area contributed by atoms with E-state index >= 15 is 0 Å². The number of aryl methyl sites for hydroxylation is 1. The van der Waals surface area contributed by atoms with Crippen molar-refractivity contribution in [1.82, 2.24) is 19.9 Å². The molecule has 0 radical (unpaired) electrons. The van der Waals surface area contributed by atoms with Crippen molar-refractivity contribution in [3.63, 3.8) is 0 Å². The maximum Gasteiger partial charge on any atom is 0.118 e. The molecule has 1 aromatic heterocycles. The first-order valence-corrected chi connectivity index (χ1v) is 6.44. The zero-order valence-electron chi connectivity index (χ0n) is 12.0. The monoisotopic (exact) mass is 276 g/mol. The van der Waals surface area contributed by atoms with E-state index in [9.17, 15) is 5.11 Å². The highest BCUT2D eigenvalue weighted by molar-refractivity contribution is 5.29. The van der Waals surface area contributed by atoms with Gasteiger partial charge in [0.15, 0.2) is 0 Å². The molecule has 2 rings (SSSR count). The molecule has 1 atom stereocenters. The van der Waals surface area contributed by atoms with Crippen molar-refractivity contribution in [3.05, 3.63) is 41.7 Å². The molecule has 1 aromatic carbocycles. The van der Waals surface area contributed by atoms with E-state index in [1.165, 1.54) is 0 Å². The number of ether oxygens (including phenoxy) is 1. The molecule has 2 aromatic rings. The van der Waals surface area contributed by atoms with Crippen molar-refractivity contribution in [3.8, 4) is 5.75 Å². The molecule has 20 heavy (non-hydrogen) atoms. The summed E-state index contributed by atoms with van der Waals surface area (Å²) in [4.78, 5) is 2.07. The quantitative estimate of drug-likeness (QED) is 0.852. The van der Waals surface area contributed by atoms with Crippen LogP contribution in [0.4, 0.5) is 0 Å². The van der Waals surface area contributed by atoms with Crippen LogP contribution in [0.3, 0.4) is 0 Å². The van der Waals surface area contributed by atoms with Crippen LogP contribution in [0.2, 0.25) is 0 Å². The lowest BCUT2D eigenvalue weighted by atomic mass is 10.1. The van der Waals surface area contributed by atoms with Gasteiger partial charge >= 0.3 is 0 Å². The Kier molecular flexibility index (Phi) is 4.70. The summed E-state index contributed by atoms with van der Waals surface area (Å²) in [7, 11) is 5.47. The van der Waals surface area contributed by atoms with E-state index in [1.807, 2.05) is 38.4 Å². The number of methoxy groups -OCH3 is 1. The van der Waals surface area contributed by atoms with E-state index in [0.29, 0.717) is 6.54 Å². The number of likely N-dealkylation sites (N-methyl/N-ethyl adjacent to an activating group) is 1. The van der Waals surface area contributed by atoms with Crippen LogP contribution in [0.25, 0.3) is 0 Å². The van der Waals surface area contributed by atoms with Crippen molar-refractivity contribution in [2.24, 2.45) is 7.05 Å². The normalized spacial score (nSPS) is 12.7. The smallest absolute Gasteiger partial charge is 0.118 e. The maximum atomic E-state index is 9.66. The van der Waals surface area contributed by atoms with Gasteiger partial charge in [0.25, 0.3) is 0 Å². The van der Waals surface area contributed by atoms with E-state index in [2.05, 4.69) is 15.2 Å². The van der Waals surface area contributed by atoms with Crippen LogP contribution in [0.5, 0.6) is 5.75 Å².